The zero-order valence-electron chi connectivity index (χ0n) is 15.0. The summed E-state index contributed by atoms with van der Waals surface area (Å²) in [5.74, 6) is 0.178. The third kappa shape index (κ3) is 3.57. The van der Waals surface area contributed by atoms with Crippen molar-refractivity contribution in [3.05, 3.63) is 45.9 Å². The second kappa shape index (κ2) is 7.10. The van der Waals surface area contributed by atoms with Gasteiger partial charge in [0.15, 0.2) is 21.3 Å². The molecule has 9 nitrogen and oxygen atoms in total. The third-order valence-corrected chi connectivity index (χ3v) is 6.39. The van der Waals surface area contributed by atoms with Crippen LogP contribution in [0.3, 0.4) is 0 Å². The number of halogens is 1. The van der Waals surface area contributed by atoms with Crippen LogP contribution >= 0.6 is 11.6 Å². The van der Waals surface area contributed by atoms with E-state index in [-0.39, 0.29) is 39.9 Å². The van der Waals surface area contributed by atoms with Crippen LogP contribution < -0.4 is 10.9 Å². The average molecular weight is 421 g/mol. The molecule has 1 saturated carbocycles. The van der Waals surface area contributed by atoms with E-state index in [9.17, 15) is 13.2 Å². The van der Waals surface area contributed by atoms with E-state index in [1.807, 2.05) is 0 Å². The van der Waals surface area contributed by atoms with Crippen molar-refractivity contribution in [3.63, 3.8) is 0 Å². The van der Waals surface area contributed by atoms with E-state index in [0.717, 1.165) is 12.8 Å². The number of hydrogen-bond acceptors (Lipinski definition) is 8. The Morgan fingerprint density at radius 2 is 2.00 bits per heavy atom. The molecular formula is C17H17ClN6O3S. The van der Waals surface area contributed by atoms with Gasteiger partial charge in [-0.15, -0.1) is 0 Å². The molecule has 1 aliphatic rings. The normalized spacial score (nSPS) is 14.4. The Balaban J connectivity index is 1.63. The van der Waals surface area contributed by atoms with E-state index >= 15 is 0 Å². The molecule has 0 aromatic carbocycles. The number of anilines is 1. The molecular weight excluding hydrogens is 404 g/mol. The topological polar surface area (TPSA) is 120 Å². The van der Waals surface area contributed by atoms with Gasteiger partial charge in [0.05, 0.1) is 29.1 Å². The molecule has 3 aromatic rings. The Morgan fingerprint density at radius 3 is 2.64 bits per heavy atom. The molecule has 0 radical (unpaired) electrons. The summed E-state index contributed by atoms with van der Waals surface area (Å²) in [7, 11) is -3.30. The number of aromatic nitrogens is 5. The van der Waals surface area contributed by atoms with Crippen molar-refractivity contribution in [3.8, 4) is 0 Å². The maximum absolute atomic E-state index is 12.9. The number of pyridine rings is 1. The van der Waals surface area contributed by atoms with Gasteiger partial charge in [-0.05, 0) is 36.6 Å². The average Bonchev–Trinajstić information content (AvgIpc) is 3.52. The lowest BCUT2D eigenvalue weighted by Gasteiger charge is -2.11. The zero-order valence-corrected chi connectivity index (χ0v) is 16.5. The van der Waals surface area contributed by atoms with Crippen molar-refractivity contribution < 1.29 is 8.42 Å². The van der Waals surface area contributed by atoms with Crippen molar-refractivity contribution in [1.82, 2.24) is 24.5 Å². The highest BCUT2D eigenvalue weighted by atomic mass is 35.5. The fraction of sp³-hybridized carbons (Fsp3) is 0.353. The summed E-state index contributed by atoms with van der Waals surface area (Å²) in [4.78, 5) is 29.6. The van der Waals surface area contributed by atoms with Crippen LogP contribution in [0.25, 0.3) is 11.2 Å². The first kappa shape index (κ1) is 18.8. The van der Waals surface area contributed by atoms with Gasteiger partial charge in [-0.3, -0.25) is 14.3 Å². The molecule has 0 amide bonds. The second-order valence-electron chi connectivity index (χ2n) is 6.46. The summed E-state index contributed by atoms with van der Waals surface area (Å²) in [6.07, 6.45) is 4.60. The molecule has 3 aromatic heterocycles. The van der Waals surface area contributed by atoms with Crippen molar-refractivity contribution in [2.45, 2.75) is 37.2 Å². The highest BCUT2D eigenvalue weighted by molar-refractivity contribution is 7.91. The van der Waals surface area contributed by atoms with Gasteiger partial charge in [0.2, 0.25) is 5.28 Å². The van der Waals surface area contributed by atoms with Gasteiger partial charge in [0, 0.05) is 12.2 Å². The molecule has 1 fully saturated rings. The lowest BCUT2D eigenvalue weighted by atomic mass is 10.3. The minimum Gasteiger partial charge on any atom is -0.360 e. The van der Waals surface area contributed by atoms with Gasteiger partial charge < -0.3 is 5.32 Å². The fourth-order valence-electron chi connectivity index (χ4n) is 2.81. The van der Waals surface area contributed by atoms with E-state index < -0.39 is 9.84 Å². The fourth-order valence-corrected chi connectivity index (χ4v) is 3.76. The minimum atomic E-state index is -3.30. The lowest BCUT2D eigenvalue weighted by Crippen LogP contribution is -2.25. The number of nitrogens with zero attached hydrogens (tertiary/aromatic N) is 5. The molecule has 0 unspecified atom stereocenters. The van der Waals surface area contributed by atoms with E-state index in [0.29, 0.717) is 16.9 Å². The number of sulfone groups is 1. The predicted molar refractivity (Wildman–Crippen MR) is 104 cm³/mol. The Labute approximate surface area is 165 Å². The Bertz CT molecular complexity index is 1210. The van der Waals surface area contributed by atoms with Crippen LogP contribution in [0.5, 0.6) is 0 Å². The number of hydrogen-bond donors (Lipinski definition) is 1. The zero-order chi connectivity index (χ0) is 19.9. The molecule has 0 aliphatic heterocycles. The van der Waals surface area contributed by atoms with E-state index in [1.54, 1.807) is 17.6 Å². The smallest absolute Gasteiger partial charge is 0.295 e. The SMILES string of the molecule is CCS(=O)(=O)c1ccc(CNc2nc3cnc(Cl)nc3n(C3CC3)c2=O)nc1. The van der Waals surface area contributed by atoms with Gasteiger partial charge >= 0.3 is 0 Å². The number of fused-ring (bicyclic) bond motifs is 1. The maximum Gasteiger partial charge on any atom is 0.295 e. The van der Waals surface area contributed by atoms with Gasteiger partial charge in [-0.2, -0.15) is 4.98 Å². The van der Waals surface area contributed by atoms with Crippen molar-refractivity contribution in [1.29, 1.82) is 0 Å². The van der Waals surface area contributed by atoms with E-state index in [2.05, 4.69) is 25.3 Å². The van der Waals surface area contributed by atoms with Crippen molar-refractivity contribution in [2.24, 2.45) is 0 Å². The quantitative estimate of drug-likeness (QED) is 0.601. The van der Waals surface area contributed by atoms with Crippen LogP contribution in [0.1, 0.15) is 31.5 Å². The summed E-state index contributed by atoms with van der Waals surface area (Å²) < 4.78 is 25.3. The summed E-state index contributed by atoms with van der Waals surface area (Å²) >= 11 is 5.87. The Hall–Kier alpha value is -2.59. The van der Waals surface area contributed by atoms with E-state index in [4.69, 9.17) is 11.6 Å². The lowest BCUT2D eigenvalue weighted by molar-refractivity contribution is 0.596. The molecule has 0 saturated heterocycles. The molecule has 1 aliphatic carbocycles. The van der Waals surface area contributed by atoms with Gasteiger partial charge in [-0.1, -0.05) is 6.92 Å². The van der Waals surface area contributed by atoms with Crippen LogP contribution in [0.15, 0.2) is 34.2 Å². The van der Waals surface area contributed by atoms with Crippen molar-refractivity contribution in [2.75, 3.05) is 11.1 Å². The Morgan fingerprint density at radius 1 is 1.21 bits per heavy atom. The first-order chi connectivity index (χ1) is 13.4. The first-order valence-corrected chi connectivity index (χ1v) is 10.8. The molecule has 0 spiro atoms. The Kier molecular flexibility index (Phi) is 4.76. The molecule has 11 heteroatoms. The maximum atomic E-state index is 12.9. The monoisotopic (exact) mass is 420 g/mol. The standard InChI is InChI=1S/C17H17ClN6O3S/c1-2-28(26,27)12-6-3-10(19-8-12)7-20-14-16(25)24(11-4-5-11)15-13(22-14)9-21-17(18)23-15/h3,6,8-9,11H,2,4-5,7H2,1H3,(H,20,22). The summed E-state index contributed by atoms with van der Waals surface area (Å²) in [5.41, 5.74) is 1.19. The highest BCUT2D eigenvalue weighted by Gasteiger charge is 2.28. The van der Waals surface area contributed by atoms with Crippen LogP contribution in [0.2, 0.25) is 5.28 Å². The molecule has 3 heterocycles. The van der Waals surface area contributed by atoms with E-state index in [1.165, 1.54) is 18.5 Å². The van der Waals surface area contributed by atoms with Crippen LogP contribution in [-0.2, 0) is 16.4 Å². The largest absolute Gasteiger partial charge is 0.360 e. The minimum absolute atomic E-state index is 0.0140. The van der Waals surface area contributed by atoms with Crippen molar-refractivity contribution >= 4 is 38.4 Å². The summed E-state index contributed by atoms with van der Waals surface area (Å²) in [6.45, 7) is 1.80. The van der Waals surface area contributed by atoms with Crippen LogP contribution in [0.4, 0.5) is 5.82 Å². The predicted octanol–water partition coefficient (Wildman–Crippen LogP) is 1.98. The van der Waals surface area contributed by atoms with Gasteiger partial charge in [-0.25, -0.2) is 18.4 Å². The summed E-state index contributed by atoms with van der Waals surface area (Å²) in [5, 5.41) is 3.05. The molecule has 1 N–H and O–H groups in total. The molecule has 146 valence electrons. The van der Waals surface area contributed by atoms with Crippen LogP contribution in [0, 0.1) is 0 Å². The number of nitrogens with one attached hydrogen (secondary N) is 1. The molecule has 0 bridgehead atoms. The number of rotatable bonds is 6. The molecule has 28 heavy (non-hydrogen) atoms. The second-order valence-corrected chi connectivity index (χ2v) is 9.07. The summed E-state index contributed by atoms with van der Waals surface area (Å²) in [6, 6.07) is 3.20. The third-order valence-electron chi connectivity index (χ3n) is 4.49. The molecule has 0 atom stereocenters. The van der Waals surface area contributed by atoms with Gasteiger partial charge in [0.1, 0.15) is 5.52 Å². The van der Waals surface area contributed by atoms with Crippen LogP contribution in [-0.4, -0.2) is 38.7 Å². The van der Waals surface area contributed by atoms with Gasteiger partial charge in [0.25, 0.3) is 5.56 Å². The first-order valence-electron chi connectivity index (χ1n) is 8.75. The highest BCUT2D eigenvalue weighted by Crippen LogP contribution is 2.35. The molecule has 4 rings (SSSR count).